The van der Waals surface area contributed by atoms with Crippen LogP contribution in [-0.4, -0.2) is 4.57 Å². The molecule has 0 amide bonds. The molecule has 2 rings (SSSR count). The van der Waals surface area contributed by atoms with Crippen LogP contribution >= 0.6 is 0 Å². The number of anilines is 1. The molecule has 0 aliphatic rings. The van der Waals surface area contributed by atoms with Crippen molar-refractivity contribution in [1.29, 1.82) is 5.26 Å². The lowest BCUT2D eigenvalue weighted by atomic mass is 9.99. The topological polar surface area (TPSA) is 71.8 Å². The highest BCUT2D eigenvalue weighted by Crippen LogP contribution is 2.24. The SMILES string of the molecule is CCCc1ccc(-c2cc(N)n(C)c(=O)c2C#N)cc1. The largest absolute Gasteiger partial charge is 0.385 e. The molecule has 1 heterocycles. The molecule has 4 nitrogen and oxygen atoms in total. The molecule has 0 fully saturated rings. The summed E-state index contributed by atoms with van der Waals surface area (Å²) in [5.41, 5.74) is 8.26. The van der Waals surface area contributed by atoms with Gasteiger partial charge in [-0.1, -0.05) is 37.6 Å². The summed E-state index contributed by atoms with van der Waals surface area (Å²) in [4.78, 5) is 12.0. The van der Waals surface area contributed by atoms with Gasteiger partial charge in [0.15, 0.2) is 0 Å². The molecule has 0 radical (unpaired) electrons. The number of aryl methyl sites for hydroxylation is 1. The monoisotopic (exact) mass is 267 g/mol. The quantitative estimate of drug-likeness (QED) is 0.928. The van der Waals surface area contributed by atoms with Crippen LogP contribution in [0.25, 0.3) is 11.1 Å². The van der Waals surface area contributed by atoms with Crippen LogP contribution in [0.1, 0.15) is 24.5 Å². The van der Waals surface area contributed by atoms with Crippen LogP contribution in [0, 0.1) is 11.3 Å². The summed E-state index contributed by atoms with van der Waals surface area (Å²) in [7, 11) is 1.56. The second-order valence-corrected chi connectivity index (χ2v) is 4.78. The maximum Gasteiger partial charge on any atom is 0.270 e. The highest BCUT2D eigenvalue weighted by molar-refractivity contribution is 5.72. The molecular formula is C16H17N3O. The minimum atomic E-state index is -0.361. The van der Waals surface area contributed by atoms with Gasteiger partial charge in [0.25, 0.3) is 5.56 Å². The zero-order chi connectivity index (χ0) is 14.7. The Morgan fingerprint density at radius 2 is 1.95 bits per heavy atom. The molecule has 0 aliphatic carbocycles. The third-order valence-corrected chi connectivity index (χ3v) is 3.38. The normalized spacial score (nSPS) is 10.2. The van der Waals surface area contributed by atoms with E-state index in [-0.39, 0.29) is 11.1 Å². The van der Waals surface area contributed by atoms with Gasteiger partial charge < -0.3 is 5.73 Å². The van der Waals surface area contributed by atoms with Gasteiger partial charge in [0.05, 0.1) is 0 Å². The second-order valence-electron chi connectivity index (χ2n) is 4.78. The Morgan fingerprint density at radius 3 is 2.50 bits per heavy atom. The summed E-state index contributed by atoms with van der Waals surface area (Å²) in [5, 5.41) is 9.21. The summed E-state index contributed by atoms with van der Waals surface area (Å²) in [6, 6.07) is 11.6. The fraction of sp³-hybridized carbons (Fsp3) is 0.250. The molecule has 0 bridgehead atoms. The van der Waals surface area contributed by atoms with E-state index in [0.29, 0.717) is 11.4 Å². The van der Waals surface area contributed by atoms with Gasteiger partial charge in [0, 0.05) is 12.6 Å². The van der Waals surface area contributed by atoms with Crippen molar-refractivity contribution in [3.8, 4) is 17.2 Å². The van der Waals surface area contributed by atoms with Crippen molar-refractivity contribution in [1.82, 2.24) is 4.57 Å². The van der Waals surface area contributed by atoms with E-state index >= 15 is 0 Å². The molecule has 0 saturated heterocycles. The lowest BCUT2D eigenvalue weighted by Gasteiger charge is -2.10. The third kappa shape index (κ3) is 2.43. The van der Waals surface area contributed by atoms with Crippen LogP contribution in [0.15, 0.2) is 35.1 Å². The maximum atomic E-state index is 12.0. The van der Waals surface area contributed by atoms with E-state index in [1.54, 1.807) is 13.1 Å². The smallest absolute Gasteiger partial charge is 0.270 e. The molecular weight excluding hydrogens is 250 g/mol. The number of aromatic nitrogens is 1. The lowest BCUT2D eigenvalue weighted by molar-refractivity contribution is 0.871. The Labute approximate surface area is 118 Å². The first-order valence-electron chi connectivity index (χ1n) is 6.57. The third-order valence-electron chi connectivity index (χ3n) is 3.38. The number of nitrogens with zero attached hydrogens (tertiary/aromatic N) is 2. The highest BCUT2D eigenvalue weighted by Gasteiger charge is 2.12. The first-order chi connectivity index (χ1) is 9.58. The van der Waals surface area contributed by atoms with Crippen LogP contribution in [0.2, 0.25) is 0 Å². The molecule has 4 heteroatoms. The Balaban J connectivity index is 2.58. The number of benzene rings is 1. The van der Waals surface area contributed by atoms with E-state index in [2.05, 4.69) is 6.92 Å². The van der Waals surface area contributed by atoms with Crippen molar-refractivity contribution in [3.63, 3.8) is 0 Å². The average molecular weight is 267 g/mol. The minimum absolute atomic E-state index is 0.130. The van der Waals surface area contributed by atoms with Crippen LogP contribution in [-0.2, 0) is 13.5 Å². The van der Waals surface area contributed by atoms with Gasteiger partial charge in [-0.2, -0.15) is 5.26 Å². The number of rotatable bonds is 3. The molecule has 0 spiro atoms. The van der Waals surface area contributed by atoms with Gasteiger partial charge in [0.1, 0.15) is 17.5 Å². The van der Waals surface area contributed by atoms with Gasteiger partial charge in [-0.3, -0.25) is 9.36 Å². The van der Waals surface area contributed by atoms with Crippen molar-refractivity contribution in [2.45, 2.75) is 19.8 Å². The van der Waals surface area contributed by atoms with Crippen molar-refractivity contribution in [2.75, 3.05) is 5.73 Å². The van der Waals surface area contributed by atoms with E-state index in [4.69, 9.17) is 5.73 Å². The molecule has 1 aromatic carbocycles. The summed E-state index contributed by atoms with van der Waals surface area (Å²) in [6.07, 6.45) is 2.10. The molecule has 0 unspecified atom stereocenters. The molecule has 2 N–H and O–H groups in total. The molecule has 20 heavy (non-hydrogen) atoms. The van der Waals surface area contributed by atoms with Gasteiger partial charge in [-0.15, -0.1) is 0 Å². The number of pyridine rings is 1. The summed E-state index contributed by atoms with van der Waals surface area (Å²) in [5.74, 6) is 0.349. The Morgan fingerprint density at radius 1 is 1.30 bits per heavy atom. The maximum absolute atomic E-state index is 12.0. The molecule has 1 aromatic heterocycles. The Bertz CT molecular complexity index is 721. The zero-order valence-electron chi connectivity index (χ0n) is 11.7. The van der Waals surface area contributed by atoms with Gasteiger partial charge in [-0.25, -0.2) is 0 Å². The second kappa shape index (κ2) is 5.62. The number of nitrogen functional groups attached to an aromatic ring is 1. The number of hydrogen-bond donors (Lipinski definition) is 1. The van der Waals surface area contributed by atoms with Crippen molar-refractivity contribution >= 4 is 5.82 Å². The van der Waals surface area contributed by atoms with E-state index in [1.807, 2.05) is 30.3 Å². The summed E-state index contributed by atoms with van der Waals surface area (Å²) >= 11 is 0. The van der Waals surface area contributed by atoms with E-state index in [0.717, 1.165) is 18.4 Å². The average Bonchev–Trinajstić information content (AvgIpc) is 2.46. The highest BCUT2D eigenvalue weighted by atomic mass is 16.1. The molecule has 102 valence electrons. The predicted molar refractivity (Wildman–Crippen MR) is 80.2 cm³/mol. The molecule has 2 aromatic rings. The van der Waals surface area contributed by atoms with Crippen molar-refractivity contribution < 1.29 is 0 Å². The lowest BCUT2D eigenvalue weighted by Crippen LogP contribution is -2.23. The predicted octanol–water partition coefficient (Wildman–Crippen LogP) is 2.46. The van der Waals surface area contributed by atoms with E-state index in [9.17, 15) is 10.1 Å². The van der Waals surface area contributed by atoms with Crippen molar-refractivity contribution in [3.05, 3.63) is 51.8 Å². The Hall–Kier alpha value is -2.54. The first-order valence-corrected chi connectivity index (χ1v) is 6.57. The van der Waals surface area contributed by atoms with Crippen molar-refractivity contribution in [2.24, 2.45) is 7.05 Å². The van der Waals surface area contributed by atoms with Crippen LogP contribution in [0.5, 0.6) is 0 Å². The van der Waals surface area contributed by atoms with Crippen LogP contribution in [0.4, 0.5) is 5.82 Å². The summed E-state index contributed by atoms with van der Waals surface area (Å²) in [6.45, 7) is 2.13. The number of nitriles is 1. The Kier molecular flexibility index (Phi) is 3.90. The fourth-order valence-corrected chi connectivity index (χ4v) is 2.19. The first kappa shape index (κ1) is 13.9. The van der Waals surface area contributed by atoms with Crippen LogP contribution in [0.3, 0.4) is 0 Å². The van der Waals surface area contributed by atoms with E-state index < -0.39 is 0 Å². The van der Waals surface area contributed by atoms with Gasteiger partial charge >= 0.3 is 0 Å². The standard InChI is InChI=1S/C16H17N3O/c1-3-4-11-5-7-12(8-6-11)13-9-15(18)19(2)16(20)14(13)10-17/h5-9H,3-4,18H2,1-2H3. The number of hydrogen-bond acceptors (Lipinski definition) is 3. The van der Waals surface area contributed by atoms with Gasteiger partial charge in [-0.05, 0) is 23.6 Å². The molecule has 0 aliphatic heterocycles. The number of nitrogens with two attached hydrogens (primary N) is 1. The fourth-order valence-electron chi connectivity index (χ4n) is 2.19. The van der Waals surface area contributed by atoms with E-state index in [1.165, 1.54) is 10.1 Å². The van der Waals surface area contributed by atoms with Gasteiger partial charge in [0.2, 0.25) is 0 Å². The van der Waals surface area contributed by atoms with Crippen LogP contribution < -0.4 is 11.3 Å². The zero-order valence-corrected chi connectivity index (χ0v) is 11.7. The molecule has 0 saturated carbocycles. The summed E-state index contributed by atoms with van der Waals surface area (Å²) < 4.78 is 1.29. The minimum Gasteiger partial charge on any atom is -0.385 e. The molecule has 0 atom stereocenters.